The number of benzene rings is 2. The molecule has 0 saturated heterocycles. The Morgan fingerprint density at radius 3 is 2.30 bits per heavy atom. The molecule has 0 saturated carbocycles. The Bertz CT molecular complexity index is 657. The first-order valence-corrected chi connectivity index (χ1v) is 6.32. The summed E-state index contributed by atoms with van der Waals surface area (Å²) >= 11 is 0. The molecule has 0 aliphatic heterocycles. The molecule has 0 fully saturated rings. The Kier molecular flexibility index (Phi) is 3.74. The van der Waals surface area contributed by atoms with Gasteiger partial charge in [0.2, 0.25) is 0 Å². The Hall–Kier alpha value is -2.36. The van der Waals surface area contributed by atoms with Crippen LogP contribution in [0.15, 0.2) is 30.3 Å². The van der Waals surface area contributed by atoms with Gasteiger partial charge in [-0.2, -0.15) is 0 Å². The zero-order chi connectivity index (χ0) is 14.9. The third-order valence-corrected chi connectivity index (χ3v) is 3.14. The molecule has 0 heterocycles. The average Bonchev–Trinajstić information content (AvgIpc) is 2.32. The predicted molar refractivity (Wildman–Crippen MR) is 79.4 cm³/mol. The van der Waals surface area contributed by atoms with Crippen LogP contribution in [0.2, 0.25) is 0 Å². The Balaban J connectivity index is 2.36. The number of hydrogen-bond acceptors (Lipinski definition) is 2. The van der Waals surface area contributed by atoms with Gasteiger partial charge in [0, 0.05) is 11.3 Å². The molecule has 0 atom stereocenters. The maximum absolute atomic E-state index is 13.6. The summed E-state index contributed by atoms with van der Waals surface area (Å²) in [6.45, 7) is 5.70. The molecule has 4 heteroatoms. The van der Waals surface area contributed by atoms with Crippen molar-refractivity contribution in [1.29, 1.82) is 0 Å². The van der Waals surface area contributed by atoms with Crippen LogP contribution in [-0.2, 0) is 0 Å². The molecule has 2 aromatic rings. The largest absolute Gasteiger partial charge is 0.399 e. The number of halogens is 1. The van der Waals surface area contributed by atoms with Gasteiger partial charge >= 0.3 is 0 Å². The van der Waals surface area contributed by atoms with Gasteiger partial charge in [-0.15, -0.1) is 0 Å². The second-order valence-electron chi connectivity index (χ2n) is 4.97. The van der Waals surface area contributed by atoms with Crippen LogP contribution in [0.3, 0.4) is 0 Å². The van der Waals surface area contributed by atoms with Gasteiger partial charge in [-0.05, 0) is 50.1 Å². The lowest BCUT2D eigenvalue weighted by Gasteiger charge is -2.12. The normalized spacial score (nSPS) is 10.4. The summed E-state index contributed by atoms with van der Waals surface area (Å²) in [5, 5.41) is 2.57. The van der Waals surface area contributed by atoms with Crippen LogP contribution in [0, 0.1) is 26.6 Å². The topological polar surface area (TPSA) is 55.1 Å². The first kappa shape index (κ1) is 14.1. The SMILES string of the molecule is Cc1cc(C)c(C(=O)Nc2cc(N)ccc2F)c(C)c1. The fraction of sp³-hybridized carbons (Fsp3) is 0.188. The fourth-order valence-electron chi connectivity index (χ4n) is 2.36. The quantitative estimate of drug-likeness (QED) is 0.821. The highest BCUT2D eigenvalue weighted by molar-refractivity contribution is 6.06. The van der Waals surface area contributed by atoms with Gasteiger partial charge in [-0.1, -0.05) is 17.7 Å². The van der Waals surface area contributed by atoms with Gasteiger partial charge in [0.15, 0.2) is 0 Å². The van der Waals surface area contributed by atoms with E-state index in [1.165, 1.54) is 18.2 Å². The molecule has 1 amide bonds. The van der Waals surface area contributed by atoms with Gasteiger partial charge < -0.3 is 11.1 Å². The summed E-state index contributed by atoms with van der Waals surface area (Å²) in [5.41, 5.74) is 9.48. The van der Waals surface area contributed by atoms with Crippen molar-refractivity contribution >= 4 is 17.3 Å². The number of carbonyl (C=O) groups is 1. The molecule has 0 spiro atoms. The van der Waals surface area contributed by atoms with Gasteiger partial charge in [0.05, 0.1) is 5.69 Å². The number of rotatable bonds is 2. The minimum Gasteiger partial charge on any atom is -0.399 e. The smallest absolute Gasteiger partial charge is 0.256 e. The van der Waals surface area contributed by atoms with E-state index in [1.807, 2.05) is 32.9 Å². The molecule has 0 unspecified atom stereocenters. The highest BCUT2D eigenvalue weighted by Gasteiger charge is 2.14. The van der Waals surface area contributed by atoms with Crippen molar-refractivity contribution < 1.29 is 9.18 Å². The zero-order valence-electron chi connectivity index (χ0n) is 11.8. The van der Waals surface area contributed by atoms with Crippen molar-refractivity contribution in [2.75, 3.05) is 11.1 Å². The minimum atomic E-state index is -0.505. The molecule has 3 nitrogen and oxygen atoms in total. The number of hydrogen-bond donors (Lipinski definition) is 2. The average molecular weight is 272 g/mol. The highest BCUT2D eigenvalue weighted by atomic mass is 19.1. The molecule has 0 radical (unpaired) electrons. The number of amides is 1. The first-order valence-electron chi connectivity index (χ1n) is 6.32. The van der Waals surface area contributed by atoms with E-state index >= 15 is 0 Å². The molecule has 0 aliphatic rings. The van der Waals surface area contributed by atoms with Gasteiger partial charge in [-0.3, -0.25) is 4.79 Å². The highest BCUT2D eigenvalue weighted by Crippen LogP contribution is 2.21. The monoisotopic (exact) mass is 272 g/mol. The lowest BCUT2D eigenvalue weighted by molar-refractivity contribution is 0.102. The van der Waals surface area contributed by atoms with E-state index < -0.39 is 5.82 Å². The summed E-state index contributed by atoms with van der Waals surface area (Å²) in [6.07, 6.45) is 0. The number of nitrogens with two attached hydrogens (primary N) is 1. The fourth-order valence-corrected chi connectivity index (χ4v) is 2.36. The maximum atomic E-state index is 13.6. The zero-order valence-corrected chi connectivity index (χ0v) is 11.8. The number of aryl methyl sites for hydroxylation is 3. The van der Waals surface area contributed by atoms with Crippen LogP contribution < -0.4 is 11.1 Å². The lowest BCUT2D eigenvalue weighted by atomic mass is 9.99. The van der Waals surface area contributed by atoms with Crippen molar-refractivity contribution in [1.82, 2.24) is 0 Å². The van der Waals surface area contributed by atoms with Crippen molar-refractivity contribution in [2.45, 2.75) is 20.8 Å². The van der Waals surface area contributed by atoms with E-state index in [0.717, 1.165) is 16.7 Å². The van der Waals surface area contributed by atoms with Crippen molar-refractivity contribution in [3.63, 3.8) is 0 Å². The summed E-state index contributed by atoms with van der Waals surface area (Å²) in [7, 11) is 0. The molecular weight excluding hydrogens is 255 g/mol. The van der Waals surface area contributed by atoms with Crippen LogP contribution in [0.25, 0.3) is 0 Å². The van der Waals surface area contributed by atoms with Crippen LogP contribution in [0.1, 0.15) is 27.0 Å². The Labute approximate surface area is 117 Å². The van der Waals surface area contributed by atoms with Crippen molar-refractivity contribution in [3.05, 3.63) is 58.4 Å². The molecule has 0 aromatic heterocycles. The molecular formula is C16H17FN2O. The molecule has 104 valence electrons. The minimum absolute atomic E-state index is 0.0920. The summed E-state index contributed by atoms with van der Waals surface area (Å²) in [6, 6.07) is 7.95. The predicted octanol–water partition coefficient (Wildman–Crippen LogP) is 3.59. The Morgan fingerprint density at radius 1 is 1.10 bits per heavy atom. The second kappa shape index (κ2) is 5.33. The van der Waals surface area contributed by atoms with Crippen molar-refractivity contribution in [2.24, 2.45) is 0 Å². The second-order valence-corrected chi connectivity index (χ2v) is 4.97. The molecule has 0 aliphatic carbocycles. The number of carbonyl (C=O) groups excluding carboxylic acids is 1. The van der Waals surface area contributed by atoms with Gasteiger partial charge in [0.1, 0.15) is 5.82 Å². The summed E-state index contributed by atoms with van der Waals surface area (Å²) in [4.78, 5) is 12.3. The third-order valence-electron chi connectivity index (χ3n) is 3.14. The molecule has 3 N–H and O–H groups in total. The standard InChI is InChI=1S/C16H17FN2O/c1-9-6-10(2)15(11(3)7-9)16(20)19-14-8-12(18)4-5-13(14)17/h4-8H,18H2,1-3H3,(H,19,20). The third kappa shape index (κ3) is 2.79. The molecule has 20 heavy (non-hydrogen) atoms. The maximum Gasteiger partial charge on any atom is 0.256 e. The lowest BCUT2D eigenvalue weighted by Crippen LogP contribution is -2.16. The van der Waals surface area contributed by atoms with E-state index in [-0.39, 0.29) is 11.6 Å². The van der Waals surface area contributed by atoms with Crippen LogP contribution >= 0.6 is 0 Å². The van der Waals surface area contributed by atoms with E-state index in [2.05, 4.69) is 5.32 Å². The van der Waals surface area contributed by atoms with E-state index in [1.54, 1.807) is 0 Å². The first-order chi connectivity index (χ1) is 9.38. The van der Waals surface area contributed by atoms with Gasteiger partial charge in [0.25, 0.3) is 5.91 Å². The summed E-state index contributed by atoms with van der Waals surface area (Å²) in [5.74, 6) is -0.834. The number of nitrogen functional groups attached to an aromatic ring is 1. The van der Waals surface area contributed by atoms with Crippen LogP contribution in [-0.4, -0.2) is 5.91 Å². The van der Waals surface area contributed by atoms with Gasteiger partial charge in [-0.25, -0.2) is 4.39 Å². The Morgan fingerprint density at radius 2 is 1.70 bits per heavy atom. The molecule has 2 rings (SSSR count). The van der Waals surface area contributed by atoms with Crippen LogP contribution in [0.5, 0.6) is 0 Å². The van der Waals surface area contributed by atoms with Crippen LogP contribution in [0.4, 0.5) is 15.8 Å². The van der Waals surface area contributed by atoms with E-state index in [0.29, 0.717) is 11.3 Å². The molecule has 2 aromatic carbocycles. The number of nitrogens with one attached hydrogen (secondary N) is 1. The molecule has 0 bridgehead atoms. The van der Waals surface area contributed by atoms with E-state index in [9.17, 15) is 9.18 Å². The summed E-state index contributed by atoms with van der Waals surface area (Å²) < 4.78 is 13.6. The van der Waals surface area contributed by atoms with E-state index in [4.69, 9.17) is 5.73 Å². The van der Waals surface area contributed by atoms with Crippen molar-refractivity contribution in [3.8, 4) is 0 Å². The number of anilines is 2.